The second-order valence-electron chi connectivity index (χ2n) is 5.44. The molecule has 0 fully saturated rings. The van der Waals surface area contributed by atoms with Gasteiger partial charge in [-0.05, 0) is 42.7 Å². The highest BCUT2D eigenvalue weighted by Gasteiger charge is 2.15. The van der Waals surface area contributed by atoms with Crippen molar-refractivity contribution in [2.45, 2.75) is 39.9 Å². The molecule has 0 aliphatic carbocycles. The lowest BCUT2D eigenvalue weighted by atomic mass is 9.96. The number of nitrogens with zero attached hydrogens (tertiary/aromatic N) is 1. The van der Waals surface area contributed by atoms with Crippen LogP contribution in [0.25, 0.3) is 0 Å². The lowest BCUT2D eigenvalue weighted by Crippen LogP contribution is -2.26. The van der Waals surface area contributed by atoms with E-state index in [0.29, 0.717) is 5.92 Å². The molecule has 0 spiro atoms. The first kappa shape index (κ1) is 14.8. The van der Waals surface area contributed by atoms with Crippen LogP contribution in [0.4, 0.5) is 4.39 Å². The maximum absolute atomic E-state index is 13.0. The fraction of sp³-hybridized carbons (Fsp3) is 0.412. The van der Waals surface area contributed by atoms with Gasteiger partial charge in [-0.1, -0.05) is 26.0 Å². The van der Waals surface area contributed by atoms with Gasteiger partial charge in [0.05, 0.1) is 0 Å². The van der Waals surface area contributed by atoms with Crippen molar-refractivity contribution in [3.63, 3.8) is 0 Å². The Labute approximate surface area is 120 Å². The smallest absolute Gasteiger partial charge is 0.123 e. The molecule has 2 rings (SSSR count). The van der Waals surface area contributed by atoms with Crippen LogP contribution in [0.15, 0.2) is 42.6 Å². The van der Waals surface area contributed by atoms with Crippen molar-refractivity contribution in [1.29, 1.82) is 0 Å². The largest absolute Gasteiger partial charge is 0.351 e. The van der Waals surface area contributed by atoms with Gasteiger partial charge >= 0.3 is 0 Å². The fourth-order valence-corrected chi connectivity index (χ4v) is 2.54. The van der Waals surface area contributed by atoms with Crippen LogP contribution in [-0.2, 0) is 13.1 Å². The van der Waals surface area contributed by atoms with Crippen molar-refractivity contribution < 1.29 is 4.39 Å². The molecule has 1 aromatic heterocycles. The van der Waals surface area contributed by atoms with E-state index in [2.05, 4.69) is 49.0 Å². The number of nitrogens with one attached hydrogen (secondary N) is 1. The number of hydrogen-bond donors (Lipinski definition) is 1. The van der Waals surface area contributed by atoms with E-state index in [-0.39, 0.29) is 11.9 Å². The number of benzene rings is 1. The van der Waals surface area contributed by atoms with Crippen molar-refractivity contribution in [2.75, 3.05) is 0 Å². The highest BCUT2D eigenvalue weighted by Crippen LogP contribution is 2.22. The third-order valence-electron chi connectivity index (χ3n) is 3.66. The van der Waals surface area contributed by atoms with Gasteiger partial charge < -0.3 is 9.88 Å². The summed E-state index contributed by atoms with van der Waals surface area (Å²) in [6, 6.07) is 11.2. The lowest BCUT2D eigenvalue weighted by Gasteiger charge is -2.23. The molecule has 2 aromatic rings. The van der Waals surface area contributed by atoms with E-state index in [1.54, 1.807) is 0 Å². The summed E-state index contributed by atoms with van der Waals surface area (Å²) in [5.41, 5.74) is 2.41. The van der Waals surface area contributed by atoms with Crippen molar-refractivity contribution in [3.8, 4) is 0 Å². The van der Waals surface area contributed by atoms with E-state index in [0.717, 1.165) is 18.7 Å². The molecule has 1 unspecified atom stereocenters. The minimum atomic E-state index is -0.184. The maximum Gasteiger partial charge on any atom is 0.123 e. The van der Waals surface area contributed by atoms with Crippen LogP contribution in [-0.4, -0.2) is 4.57 Å². The Morgan fingerprint density at radius 2 is 1.85 bits per heavy atom. The SMILES string of the molecule is CCn1cccc1CNC(c1ccc(F)cc1)C(C)C. The normalized spacial score (nSPS) is 12.8. The van der Waals surface area contributed by atoms with Crippen molar-refractivity contribution >= 4 is 0 Å². The molecule has 1 N–H and O–H groups in total. The monoisotopic (exact) mass is 274 g/mol. The summed E-state index contributed by atoms with van der Waals surface area (Å²) in [6.45, 7) is 8.30. The van der Waals surface area contributed by atoms with E-state index in [4.69, 9.17) is 0 Å². The zero-order chi connectivity index (χ0) is 14.5. The molecular weight excluding hydrogens is 251 g/mol. The first-order valence-corrected chi connectivity index (χ1v) is 7.24. The molecule has 0 aliphatic heterocycles. The molecule has 0 amide bonds. The number of aromatic nitrogens is 1. The standard InChI is InChI=1S/C17H23FN2/c1-4-20-11-5-6-16(20)12-19-17(13(2)3)14-7-9-15(18)10-8-14/h5-11,13,17,19H,4,12H2,1-3H3. The van der Waals surface area contributed by atoms with Gasteiger partial charge in [0.25, 0.3) is 0 Å². The molecule has 0 aliphatic rings. The zero-order valence-electron chi connectivity index (χ0n) is 12.4. The lowest BCUT2D eigenvalue weighted by molar-refractivity contribution is 0.404. The second-order valence-corrected chi connectivity index (χ2v) is 5.44. The van der Waals surface area contributed by atoms with Crippen molar-refractivity contribution in [1.82, 2.24) is 9.88 Å². The van der Waals surface area contributed by atoms with Gasteiger partial charge in [0.1, 0.15) is 5.82 Å². The number of aryl methyl sites for hydroxylation is 1. The summed E-state index contributed by atoms with van der Waals surface area (Å²) >= 11 is 0. The van der Waals surface area contributed by atoms with Gasteiger partial charge in [0, 0.05) is 31.0 Å². The Morgan fingerprint density at radius 3 is 2.45 bits per heavy atom. The Kier molecular flexibility index (Phi) is 4.96. The van der Waals surface area contributed by atoms with Crippen LogP contribution in [0.2, 0.25) is 0 Å². The number of rotatable bonds is 6. The second kappa shape index (κ2) is 6.71. The summed E-state index contributed by atoms with van der Waals surface area (Å²) in [5, 5.41) is 3.59. The van der Waals surface area contributed by atoms with Crippen LogP contribution in [0.3, 0.4) is 0 Å². The molecule has 0 bridgehead atoms. The predicted octanol–water partition coefficient (Wildman–Crippen LogP) is 4.13. The highest BCUT2D eigenvalue weighted by molar-refractivity contribution is 5.20. The first-order chi connectivity index (χ1) is 9.61. The molecule has 108 valence electrons. The molecule has 1 heterocycles. The average molecular weight is 274 g/mol. The van der Waals surface area contributed by atoms with Gasteiger partial charge in [-0.25, -0.2) is 4.39 Å². The highest BCUT2D eigenvalue weighted by atomic mass is 19.1. The maximum atomic E-state index is 13.0. The van der Waals surface area contributed by atoms with E-state index < -0.39 is 0 Å². The van der Waals surface area contributed by atoms with Gasteiger partial charge in [-0.3, -0.25) is 0 Å². The van der Waals surface area contributed by atoms with Crippen LogP contribution >= 0.6 is 0 Å². The van der Waals surface area contributed by atoms with E-state index >= 15 is 0 Å². The van der Waals surface area contributed by atoms with Crippen LogP contribution in [0.5, 0.6) is 0 Å². The van der Waals surface area contributed by atoms with Gasteiger partial charge in [0.2, 0.25) is 0 Å². The van der Waals surface area contributed by atoms with E-state index in [9.17, 15) is 4.39 Å². The Bertz CT molecular complexity index is 528. The minimum Gasteiger partial charge on any atom is -0.351 e. The third kappa shape index (κ3) is 3.48. The molecule has 0 radical (unpaired) electrons. The molecule has 0 saturated carbocycles. The molecular formula is C17H23FN2. The van der Waals surface area contributed by atoms with Gasteiger partial charge in [0.15, 0.2) is 0 Å². The Balaban J connectivity index is 2.08. The van der Waals surface area contributed by atoms with E-state index in [1.807, 2.05) is 12.1 Å². The summed E-state index contributed by atoms with van der Waals surface area (Å²) in [7, 11) is 0. The molecule has 2 nitrogen and oxygen atoms in total. The molecule has 1 atom stereocenters. The Hall–Kier alpha value is -1.61. The van der Waals surface area contributed by atoms with E-state index in [1.165, 1.54) is 17.8 Å². The predicted molar refractivity (Wildman–Crippen MR) is 80.9 cm³/mol. The number of hydrogen-bond acceptors (Lipinski definition) is 1. The molecule has 3 heteroatoms. The van der Waals surface area contributed by atoms with Crippen LogP contribution in [0, 0.1) is 11.7 Å². The average Bonchev–Trinajstić information content (AvgIpc) is 2.88. The third-order valence-corrected chi connectivity index (χ3v) is 3.66. The van der Waals surface area contributed by atoms with Crippen molar-refractivity contribution in [2.24, 2.45) is 5.92 Å². The summed E-state index contributed by atoms with van der Waals surface area (Å²) < 4.78 is 15.3. The first-order valence-electron chi connectivity index (χ1n) is 7.24. The topological polar surface area (TPSA) is 17.0 Å². The summed E-state index contributed by atoms with van der Waals surface area (Å²) in [6.07, 6.45) is 2.10. The minimum absolute atomic E-state index is 0.184. The van der Waals surface area contributed by atoms with Crippen LogP contribution < -0.4 is 5.32 Å². The van der Waals surface area contributed by atoms with Gasteiger partial charge in [-0.2, -0.15) is 0 Å². The zero-order valence-corrected chi connectivity index (χ0v) is 12.4. The molecule has 1 aromatic carbocycles. The Morgan fingerprint density at radius 1 is 1.15 bits per heavy atom. The van der Waals surface area contributed by atoms with Crippen molar-refractivity contribution in [3.05, 3.63) is 59.7 Å². The quantitative estimate of drug-likeness (QED) is 0.838. The van der Waals surface area contributed by atoms with Crippen LogP contribution in [0.1, 0.15) is 38.1 Å². The molecule has 20 heavy (non-hydrogen) atoms. The van der Waals surface area contributed by atoms with Gasteiger partial charge in [-0.15, -0.1) is 0 Å². The summed E-state index contributed by atoms with van der Waals surface area (Å²) in [4.78, 5) is 0. The number of halogens is 1. The summed E-state index contributed by atoms with van der Waals surface area (Å²) in [5.74, 6) is 0.265. The molecule has 0 saturated heterocycles. The fourth-order valence-electron chi connectivity index (χ4n) is 2.54.